The quantitative estimate of drug-likeness (QED) is 0.513. The van der Waals surface area contributed by atoms with Crippen molar-refractivity contribution in [1.29, 1.82) is 0 Å². The van der Waals surface area contributed by atoms with Gasteiger partial charge in [-0.05, 0) is 56.5 Å². The maximum Gasteiger partial charge on any atom is 0.321 e. The third-order valence-corrected chi connectivity index (χ3v) is 5.79. The average molecular weight is 347 g/mol. The minimum Gasteiger partial charge on any atom is -0.508 e. The number of aryl methyl sites for hydroxylation is 1. The average Bonchev–Trinajstić information content (AvgIpc) is 2.58. The van der Waals surface area contributed by atoms with Gasteiger partial charge in [-0.1, -0.05) is 6.07 Å². The van der Waals surface area contributed by atoms with Crippen molar-refractivity contribution in [3.05, 3.63) is 29.3 Å². The maximum absolute atomic E-state index is 12.5. The van der Waals surface area contributed by atoms with Crippen LogP contribution in [0, 0.1) is 6.92 Å². The van der Waals surface area contributed by atoms with E-state index in [1.165, 1.54) is 0 Å². The highest BCUT2D eigenvalue weighted by Crippen LogP contribution is 2.49. The first-order valence-electron chi connectivity index (χ1n) is 8.62. The molecule has 2 aliphatic heterocycles. The van der Waals surface area contributed by atoms with E-state index in [1.807, 2.05) is 13.8 Å². The van der Waals surface area contributed by atoms with Crippen LogP contribution in [0.5, 0.6) is 5.75 Å². The number of rotatable bonds is 1. The molecule has 136 valence electrons. The SMILES string of the molecule is Cc1ccc(O)cc1[C@]12CCNC(C)[C@]1(O)CCNC(=O)NC(=O)C2. The molecular weight excluding hydrogens is 322 g/mol. The van der Waals surface area contributed by atoms with E-state index in [0.29, 0.717) is 19.4 Å². The van der Waals surface area contributed by atoms with E-state index in [1.54, 1.807) is 18.2 Å². The van der Waals surface area contributed by atoms with Crippen molar-refractivity contribution < 1.29 is 19.8 Å². The van der Waals surface area contributed by atoms with Gasteiger partial charge in [0, 0.05) is 24.4 Å². The third kappa shape index (κ3) is 2.87. The predicted molar refractivity (Wildman–Crippen MR) is 92.3 cm³/mol. The number of hydrogen-bond donors (Lipinski definition) is 5. The van der Waals surface area contributed by atoms with Crippen molar-refractivity contribution in [3.63, 3.8) is 0 Å². The Balaban J connectivity index is 2.21. The summed E-state index contributed by atoms with van der Waals surface area (Å²) in [4.78, 5) is 24.3. The van der Waals surface area contributed by atoms with E-state index in [4.69, 9.17) is 0 Å². The lowest BCUT2D eigenvalue weighted by Crippen LogP contribution is -2.68. The largest absolute Gasteiger partial charge is 0.508 e. The second kappa shape index (κ2) is 6.31. The summed E-state index contributed by atoms with van der Waals surface area (Å²) in [5, 5.41) is 30.0. The molecule has 3 rings (SSSR count). The molecule has 2 fully saturated rings. The first kappa shape index (κ1) is 17.7. The van der Waals surface area contributed by atoms with Gasteiger partial charge in [-0.25, -0.2) is 4.79 Å². The summed E-state index contributed by atoms with van der Waals surface area (Å²) in [6.45, 7) is 4.68. The molecule has 0 radical (unpaired) electrons. The molecule has 0 bridgehead atoms. The smallest absolute Gasteiger partial charge is 0.321 e. The third-order valence-electron chi connectivity index (χ3n) is 5.79. The fourth-order valence-electron chi connectivity index (χ4n) is 4.44. The van der Waals surface area contributed by atoms with Crippen LogP contribution >= 0.6 is 0 Å². The van der Waals surface area contributed by atoms with E-state index in [9.17, 15) is 19.8 Å². The number of piperidine rings is 1. The standard InChI is InChI=1S/C18H25N3O4/c1-11-3-4-13(22)9-14(11)17-5-7-19-12(2)18(17,25)6-8-20-16(24)21-15(23)10-17/h3-4,9,12,19,22,25H,5-8,10H2,1-2H3,(H2,20,21,23,24)/t12?,17-,18-/m1/s1. The minimum atomic E-state index is -1.25. The van der Waals surface area contributed by atoms with Gasteiger partial charge in [-0.2, -0.15) is 0 Å². The zero-order chi connectivity index (χ0) is 18.2. The van der Waals surface area contributed by atoms with Crippen LogP contribution in [0.1, 0.15) is 37.3 Å². The molecule has 1 aromatic carbocycles. The summed E-state index contributed by atoms with van der Waals surface area (Å²) >= 11 is 0. The lowest BCUT2D eigenvalue weighted by molar-refractivity contribution is -0.131. The number of aromatic hydroxyl groups is 1. The van der Waals surface area contributed by atoms with Crippen molar-refractivity contribution in [1.82, 2.24) is 16.0 Å². The molecule has 1 aromatic rings. The monoisotopic (exact) mass is 347 g/mol. The van der Waals surface area contributed by atoms with Gasteiger partial charge in [0.2, 0.25) is 5.91 Å². The van der Waals surface area contributed by atoms with Gasteiger partial charge < -0.3 is 20.8 Å². The molecule has 1 unspecified atom stereocenters. The molecule has 0 aliphatic carbocycles. The summed E-state index contributed by atoms with van der Waals surface area (Å²) in [7, 11) is 0. The number of aliphatic hydroxyl groups is 1. The number of phenolic OH excluding ortho intramolecular Hbond substituents is 1. The zero-order valence-electron chi connectivity index (χ0n) is 14.6. The lowest BCUT2D eigenvalue weighted by Gasteiger charge is -2.54. The minimum absolute atomic E-state index is 0.0206. The molecule has 2 aliphatic rings. The number of carbonyl (C=O) groups is 2. The summed E-state index contributed by atoms with van der Waals surface area (Å²) in [6, 6.07) is 4.21. The summed E-state index contributed by atoms with van der Waals surface area (Å²) in [5.41, 5.74) is -0.486. The van der Waals surface area contributed by atoms with E-state index >= 15 is 0 Å². The van der Waals surface area contributed by atoms with Crippen molar-refractivity contribution in [2.24, 2.45) is 0 Å². The van der Waals surface area contributed by atoms with E-state index < -0.39 is 23.0 Å². The summed E-state index contributed by atoms with van der Waals surface area (Å²) in [6.07, 6.45) is 0.809. The van der Waals surface area contributed by atoms with Crippen molar-refractivity contribution in [2.45, 2.75) is 50.2 Å². The van der Waals surface area contributed by atoms with Gasteiger partial charge in [0.25, 0.3) is 0 Å². The Hall–Kier alpha value is -2.12. The van der Waals surface area contributed by atoms with E-state index in [2.05, 4.69) is 16.0 Å². The zero-order valence-corrected chi connectivity index (χ0v) is 14.6. The first-order valence-corrected chi connectivity index (χ1v) is 8.62. The van der Waals surface area contributed by atoms with Gasteiger partial charge in [-0.3, -0.25) is 10.1 Å². The van der Waals surface area contributed by atoms with E-state index in [0.717, 1.165) is 11.1 Å². The second-order valence-electron chi connectivity index (χ2n) is 7.16. The van der Waals surface area contributed by atoms with Gasteiger partial charge in [0.05, 0.1) is 5.60 Å². The van der Waals surface area contributed by atoms with Crippen LogP contribution in [0.2, 0.25) is 0 Å². The van der Waals surface area contributed by atoms with Gasteiger partial charge in [0.15, 0.2) is 0 Å². The van der Waals surface area contributed by atoms with Crippen molar-refractivity contribution >= 4 is 11.9 Å². The number of fused-ring (bicyclic) bond motifs is 1. The lowest BCUT2D eigenvalue weighted by atomic mass is 9.57. The normalized spacial score (nSPS) is 33.3. The van der Waals surface area contributed by atoms with Crippen molar-refractivity contribution in [2.75, 3.05) is 13.1 Å². The number of phenols is 1. The van der Waals surface area contributed by atoms with Crippen LogP contribution < -0.4 is 16.0 Å². The fraction of sp³-hybridized carbons (Fsp3) is 0.556. The molecule has 3 atom stereocenters. The van der Waals surface area contributed by atoms with Crippen LogP contribution in [-0.2, 0) is 10.2 Å². The van der Waals surface area contributed by atoms with Crippen molar-refractivity contribution in [3.8, 4) is 5.75 Å². The molecule has 3 amide bonds. The number of nitrogens with one attached hydrogen (secondary N) is 3. The maximum atomic E-state index is 12.5. The highest BCUT2D eigenvalue weighted by Gasteiger charge is 2.57. The molecule has 2 heterocycles. The van der Waals surface area contributed by atoms with Crippen LogP contribution in [0.3, 0.4) is 0 Å². The van der Waals surface area contributed by atoms with Crippen LogP contribution in [-0.4, -0.2) is 46.9 Å². The topological polar surface area (TPSA) is 111 Å². The Morgan fingerprint density at radius 2 is 1.96 bits per heavy atom. The Morgan fingerprint density at radius 1 is 1.20 bits per heavy atom. The molecule has 7 nitrogen and oxygen atoms in total. The molecular formula is C18H25N3O4. The molecule has 7 heteroatoms. The van der Waals surface area contributed by atoms with Gasteiger partial charge in [0.1, 0.15) is 5.75 Å². The molecule has 25 heavy (non-hydrogen) atoms. The Kier molecular flexibility index (Phi) is 4.47. The van der Waals surface area contributed by atoms with Crippen LogP contribution in [0.4, 0.5) is 4.79 Å². The first-order chi connectivity index (χ1) is 11.8. The van der Waals surface area contributed by atoms with Gasteiger partial charge >= 0.3 is 6.03 Å². The van der Waals surface area contributed by atoms with E-state index in [-0.39, 0.29) is 24.8 Å². The summed E-state index contributed by atoms with van der Waals surface area (Å²) < 4.78 is 0. The Bertz CT molecular complexity index is 708. The Labute approximate surface area is 146 Å². The molecule has 5 N–H and O–H groups in total. The highest BCUT2D eigenvalue weighted by atomic mass is 16.3. The number of amides is 3. The highest BCUT2D eigenvalue weighted by molar-refractivity contribution is 5.95. The molecule has 0 saturated carbocycles. The van der Waals surface area contributed by atoms with Crippen LogP contribution in [0.15, 0.2) is 18.2 Å². The molecule has 2 saturated heterocycles. The number of imide groups is 1. The number of carbonyl (C=O) groups excluding carboxylic acids is 2. The number of benzene rings is 1. The molecule has 0 aromatic heterocycles. The number of urea groups is 1. The van der Waals surface area contributed by atoms with Gasteiger partial charge in [-0.15, -0.1) is 0 Å². The molecule has 0 spiro atoms. The fourth-order valence-corrected chi connectivity index (χ4v) is 4.44. The number of hydrogen-bond acceptors (Lipinski definition) is 5. The summed E-state index contributed by atoms with van der Waals surface area (Å²) in [5.74, 6) is -0.340. The second-order valence-corrected chi connectivity index (χ2v) is 7.16. The van der Waals surface area contributed by atoms with Crippen LogP contribution in [0.25, 0.3) is 0 Å². The Morgan fingerprint density at radius 3 is 2.72 bits per heavy atom. The predicted octanol–water partition coefficient (Wildman–Crippen LogP) is 0.671.